The summed E-state index contributed by atoms with van der Waals surface area (Å²) in [6, 6.07) is 39.7. The first-order valence-corrected chi connectivity index (χ1v) is 14.8. The van der Waals surface area contributed by atoms with Gasteiger partial charge in [-0.2, -0.15) is 0 Å². The molecule has 4 heteroatoms. The third kappa shape index (κ3) is 5.59. The molecule has 1 amide bonds. The van der Waals surface area contributed by atoms with E-state index in [0.717, 1.165) is 23.2 Å². The molecule has 4 aromatic carbocycles. The second kappa shape index (κ2) is 12.0. The molecule has 0 bridgehead atoms. The lowest BCUT2D eigenvalue weighted by Crippen LogP contribution is -2.38. The number of nitrogens with one attached hydrogen (secondary N) is 1. The Balaban J connectivity index is 1.96. The van der Waals surface area contributed by atoms with E-state index < -0.39 is 7.26 Å². The van der Waals surface area contributed by atoms with Crippen molar-refractivity contribution in [3.63, 3.8) is 0 Å². The van der Waals surface area contributed by atoms with E-state index in [4.69, 9.17) is 0 Å². The van der Waals surface area contributed by atoms with Crippen molar-refractivity contribution in [1.82, 2.24) is 5.32 Å². The quantitative estimate of drug-likeness (QED) is 0.207. The molecule has 2 nitrogen and oxygen atoms in total. The summed E-state index contributed by atoms with van der Waals surface area (Å²) < 4.78 is 0. The number of rotatable bonds is 9. The Morgan fingerprint density at radius 1 is 0.743 bits per heavy atom. The molecule has 0 atom stereocenters. The van der Waals surface area contributed by atoms with Crippen molar-refractivity contribution < 1.29 is 4.79 Å². The monoisotopic (exact) mass is 496 g/mol. The molecular formula is C31H31NOPS+. The van der Waals surface area contributed by atoms with Gasteiger partial charge < -0.3 is 0 Å². The van der Waals surface area contributed by atoms with Gasteiger partial charge in [0, 0.05) is 11.0 Å². The highest BCUT2D eigenvalue weighted by Crippen LogP contribution is 2.61. The van der Waals surface area contributed by atoms with Crippen LogP contribution < -0.4 is 21.2 Å². The van der Waals surface area contributed by atoms with Crippen LogP contribution in [0.3, 0.4) is 0 Å². The van der Waals surface area contributed by atoms with Crippen molar-refractivity contribution in [1.29, 1.82) is 0 Å². The van der Waals surface area contributed by atoms with Crippen LogP contribution in [0.2, 0.25) is 0 Å². The lowest BCUT2D eigenvalue weighted by atomic mass is 10.1. The van der Waals surface area contributed by atoms with E-state index in [9.17, 15) is 4.79 Å². The Bertz CT molecular complexity index is 1160. The summed E-state index contributed by atoms with van der Waals surface area (Å²) in [6.45, 7) is 4.21. The number of carbonyl (C=O) groups excluding carboxylic acids is 1. The molecule has 0 saturated heterocycles. The SMILES string of the molecule is CCCS/C=C(/NC(=O)c1ccc(C)cc1)[P+](c1ccccc1)(c1ccccc1)c1ccccc1. The van der Waals surface area contributed by atoms with E-state index in [2.05, 4.69) is 90.4 Å². The summed E-state index contributed by atoms with van der Waals surface area (Å²) in [5, 5.41) is 9.23. The second-order valence-corrected chi connectivity index (χ2v) is 12.7. The van der Waals surface area contributed by atoms with Crippen LogP contribution in [-0.2, 0) is 0 Å². The van der Waals surface area contributed by atoms with Gasteiger partial charge in [-0.3, -0.25) is 10.1 Å². The summed E-state index contributed by atoms with van der Waals surface area (Å²) in [5.74, 6) is 0.906. The van der Waals surface area contributed by atoms with Gasteiger partial charge in [-0.25, -0.2) is 0 Å². The number of aryl methyl sites for hydroxylation is 1. The van der Waals surface area contributed by atoms with Gasteiger partial charge in [0.1, 0.15) is 15.9 Å². The Morgan fingerprint density at radius 3 is 1.63 bits per heavy atom. The van der Waals surface area contributed by atoms with Crippen molar-refractivity contribution in [2.24, 2.45) is 0 Å². The third-order valence-corrected chi connectivity index (χ3v) is 11.3. The molecule has 4 aromatic rings. The van der Waals surface area contributed by atoms with E-state index in [1.807, 2.05) is 49.4 Å². The summed E-state index contributed by atoms with van der Waals surface area (Å²) >= 11 is 1.76. The van der Waals surface area contributed by atoms with Crippen molar-refractivity contribution >= 4 is 40.8 Å². The number of hydrogen-bond acceptors (Lipinski definition) is 2. The van der Waals surface area contributed by atoms with Gasteiger partial charge in [-0.1, -0.05) is 79.2 Å². The standard InChI is InChI=1S/C31H30NOPS/c1-3-23-35-24-30(32-31(33)26-21-19-25(2)20-22-26)34(27-13-7-4-8-14-27,28-15-9-5-10-16-28)29-17-11-6-12-18-29/h4-22,24H,3,23H2,1-2H3/p+1/b30-24-. The molecule has 0 heterocycles. The molecule has 4 rings (SSSR count). The smallest absolute Gasteiger partial charge is 0.258 e. The fraction of sp³-hybridized carbons (Fsp3) is 0.129. The fourth-order valence-corrected chi connectivity index (χ4v) is 9.44. The minimum atomic E-state index is -2.38. The highest BCUT2D eigenvalue weighted by molar-refractivity contribution is 8.04. The normalized spacial score (nSPS) is 11.8. The predicted molar refractivity (Wildman–Crippen MR) is 155 cm³/mol. The molecule has 0 radical (unpaired) electrons. The fourth-order valence-electron chi connectivity index (χ4n) is 4.16. The number of amides is 1. The van der Waals surface area contributed by atoms with Gasteiger partial charge in [0.25, 0.3) is 5.91 Å². The first kappa shape index (κ1) is 25.0. The molecule has 1 N–H and O–H groups in total. The number of thioether (sulfide) groups is 1. The molecule has 0 saturated carbocycles. The number of carbonyl (C=O) groups is 1. The molecular weight excluding hydrogens is 465 g/mol. The minimum absolute atomic E-state index is 0.0829. The molecule has 0 aromatic heterocycles. The van der Waals surface area contributed by atoms with Gasteiger partial charge in [0.15, 0.2) is 12.7 Å². The number of hydrogen-bond donors (Lipinski definition) is 1. The van der Waals surface area contributed by atoms with Crippen molar-refractivity contribution in [3.05, 3.63) is 137 Å². The van der Waals surface area contributed by atoms with E-state index in [1.165, 1.54) is 15.9 Å². The zero-order valence-corrected chi connectivity index (χ0v) is 21.9. The van der Waals surface area contributed by atoms with Crippen LogP contribution in [0, 0.1) is 6.92 Å². The zero-order chi connectivity index (χ0) is 24.5. The lowest BCUT2D eigenvalue weighted by molar-refractivity contribution is 0.0968. The Labute approximate surface area is 213 Å². The lowest BCUT2D eigenvalue weighted by Gasteiger charge is -2.29. The van der Waals surface area contributed by atoms with Crippen LogP contribution in [0.25, 0.3) is 0 Å². The number of benzene rings is 4. The van der Waals surface area contributed by atoms with Crippen LogP contribution in [-0.4, -0.2) is 11.7 Å². The van der Waals surface area contributed by atoms with E-state index >= 15 is 0 Å². The van der Waals surface area contributed by atoms with Crippen molar-refractivity contribution in [2.45, 2.75) is 20.3 Å². The molecule has 0 aliphatic carbocycles. The van der Waals surface area contributed by atoms with Crippen molar-refractivity contribution in [2.75, 3.05) is 5.75 Å². The molecule has 0 unspecified atom stereocenters. The summed E-state index contributed by atoms with van der Waals surface area (Å²) in [6.07, 6.45) is 1.06. The highest BCUT2D eigenvalue weighted by atomic mass is 32.2. The van der Waals surface area contributed by atoms with Gasteiger partial charge in [-0.15, -0.1) is 11.8 Å². The topological polar surface area (TPSA) is 29.1 Å². The molecule has 0 aliphatic rings. The maximum absolute atomic E-state index is 13.6. The maximum Gasteiger partial charge on any atom is 0.258 e. The Morgan fingerprint density at radius 2 is 1.20 bits per heavy atom. The van der Waals surface area contributed by atoms with Crippen LogP contribution in [0.5, 0.6) is 0 Å². The average Bonchev–Trinajstić information content (AvgIpc) is 2.91. The molecule has 35 heavy (non-hydrogen) atoms. The summed E-state index contributed by atoms with van der Waals surface area (Å²) in [4.78, 5) is 13.6. The average molecular weight is 497 g/mol. The molecule has 0 fully saturated rings. The molecule has 176 valence electrons. The van der Waals surface area contributed by atoms with Crippen LogP contribution in [0.15, 0.2) is 126 Å². The van der Waals surface area contributed by atoms with Gasteiger partial charge in [0.2, 0.25) is 0 Å². The molecule has 0 spiro atoms. The van der Waals surface area contributed by atoms with Gasteiger partial charge in [-0.05, 0) is 67.6 Å². The van der Waals surface area contributed by atoms with Crippen LogP contribution in [0.1, 0.15) is 29.3 Å². The third-order valence-electron chi connectivity index (χ3n) is 5.86. The predicted octanol–water partition coefficient (Wildman–Crippen LogP) is 6.66. The van der Waals surface area contributed by atoms with Gasteiger partial charge >= 0.3 is 0 Å². The van der Waals surface area contributed by atoms with E-state index in [0.29, 0.717) is 5.56 Å². The second-order valence-electron chi connectivity index (χ2n) is 8.37. The Hall–Kier alpha value is -3.13. The molecule has 0 aliphatic heterocycles. The van der Waals surface area contributed by atoms with Gasteiger partial charge in [0.05, 0.1) is 0 Å². The summed E-state index contributed by atoms with van der Waals surface area (Å²) in [7, 11) is -2.38. The largest absolute Gasteiger partial charge is 0.292 e. The first-order valence-electron chi connectivity index (χ1n) is 11.9. The van der Waals surface area contributed by atoms with Crippen molar-refractivity contribution in [3.8, 4) is 0 Å². The minimum Gasteiger partial charge on any atom is -0.292 e. The van der Waals surface area contributed by atoms with Crippen LogP contribution >= 0.6 is 19.0 Å². The van der Waals surface area contributed by atoms with E-state index in [1.54, 1.807) is 11.8 Å². The van der Waals surface area contributed by atoms with Crippen LogP contribution in [0.4, 0.5) is 0 Å². The first-order chi connectivity index (χ1) is 17.2. The Kier molecular flexibility index (Phi) is 8.58. The summed E-state index contributed by atoms with van der Waals surface area (Å²) in [5.41, 5.74) is 2.76. The van der Waals surface area contributed by atoms with E-state index in [-0.39, 0.29) is 5.91 Å². The highest BCUT2D eigenvalue weighted by Gasteiger charge is 2.50. The maximum atomic E-state index is 13.6. The zero-order valence-electron chi connectivity index (χ0n) is 20.2.